The summed E-state index contributed by atoms with van der Waals surface area (Å²) in [5.41, 5.74) is 3.78. The van der Waals surface area contributed by atoms with Gasteiger partial charge in [0, 0.05) is 0 Å². The summed E-state index contributed by atoms with van der Waals surface area (Å²) in [6, 6.07) is 0. The molecule has 0 aromatic heterocycles. The van der Waals surface area contributed by atoms with Crippen LogP contribution in [-0.4, -0.2) is 8.07 Å². The standard InChI is InChI=1S/C10H20Si/c1-6-7-10(2)8-9-11(3,4)5/h7-9H,6H2,1-5H3. The van der Waals surface area contributed by atoms with Crippen LogP contribution in [0.25, 0.3) is 0 Å². The van der Waals surface area contributed by atoms with E-state index in [1.807, 2.05) is 0 Å². The molecule has 64 valence electrons. The molecule has 1 heteroatoms. The minimum atomic E-state index is -0.970. The van der Waals surface area contributed by atoms with Crippen molar-refractivity contribution in [3.63, 3.8) is 0 Å². The molecule has 0 bridgehead atoms. The molecule has 0 aromatic rings. The first kappa shape index (κ1) is 10.7. The fourth-order valence-electron chi connectivity index (χ4n) is 0.771. The third-order valence-electron chi connectivity index (χ3n) is 1.37. The first-order valence-corrected chi connectivity index (χ1v) is 7.89. The first-order chi connectivity index (χ1) is 4.95. The highest BCUT2D eigenvalue weighted by atomic mass is 28.3. The molecule has 0 unspecified atom stereocenters. The van der Waals surface area contributed by atoms with Crippen LogP contribution in [0.3, 0.4) is 0 Å². The summed E-state index contributed by atoms with van der Waals surface area (Å²) in [6.07, 6.45) is 5.66. The van der Waals surface area contributed by atoms with E-state index in [-0.39, 0.29) is 0 Å². The molecule has 0 aromatic carbocycles. The maximum Gasteiger partial charge on any atom is 0.0687 e. The molecule has 0 saturated heterocycles. The maximum atomic E-state index is 2.38. The molecule has 0 rings (SSSR count). The third-order valence-corrected chi connectivity index (χ3v) is 2.54. The SMILES string of the molecule is CCC=C(C)C=C[Si](C)(C)C. The smallest absolute Gasteiger partial charge is 0.0687 e. The van der Waals surface area contributed by atoms with Gasteiger partial charge in [0.25, 0.3) is 0 Å². The number of hydrogen-bond donors (Lipinski definition) is 0. The van der Waals surface area contributed by atoms with E-state index in [0.717, 1.165) is 6.42 Å². The Bertz CT molecular complexity index is 158. The lowest BCUT2D eigenvalue weighted by molar-refractivity contribution is 1.20. The van der Waals surface area contributed by atoms with Crippen molar-refractivity contribution < 1.29 is 0 Å². The van der Waals surface area contributed by atoms with Gasteiger partial charge >= 0.3 is 0 Å². The molecule has 0 saturated carbocycles. The Morgan fingerprint density at radius 1 is 1.27 bits per heavy atom. The average molecular weight is 168 g/mol. The molecule has 0 radical (unpaired) electrons. The second-order valence-corrected chi connectivity index (χ2v) is 9.12. The zero-order chi connectivity index (χ0) is 8.91. The molecule has 0 aliphatic carbocycles. The summed E-state index contributed by atoms with van der Waals surface area (Å²) in [4.78, 5) is 0. The third kappa shape index (κ3) is 7.60. The summed E-state index contributed by atoms with van der Waals surface area (Å²) in [5, 5.41) is 0. The Balaban J connectivity index is 4.03. The van der Waals surface area contributed by atoms with Crippen LogP contribution in [-0.2, 0) is 0 Å². The first-order valence-electron chi connectivity index (χ1n) is 4.31. The predicted molar refractivity (Wildman–Crippen MR) is 56.5 cm³/mol. The number of rotatable bonds is 3. The summed E-state index contributed by atoms with van der Waals surface area (Å²) in [6.45, 7) is 11.4. The van der Waals surface area contributed by atoms with E-state index in [1.165, 1.54) is 5.57 Å². The molecule has 0 atom stereocenters. The normalized spacial score (nSPS) is 14.5. The maximum absolute atomic E-state index is 2.38. The van der Waals surface area contributed by atoms with Crippen molar-refractivity contribution >= 4 is 8.07 Å². The van der Waals surface area contributed by atoms with E-state index < -0.39 is 8.07 Å². The zero-order valence-corrected chi connectivity index (χ0v) is 9.44. The molecule has 0 fully saturated rings. The summed E-state index contributed by atoms with van der Waals surface area (Å²) < 4.78 is 0. The highest BCUT2D eigenvalue weighted by molar-refractivity contribution is 6.81. The molecule has 0 N–H and O–H groups in total. The van der Waals surface area contributed by atoms with Gasteiger partial charge in [-0.1, -0.05) is 50.0 Å². The quantitative estimate of drug-likeness (QED) is 0.444. The van der Waals surface area contributed by atoms with Crippen LogP contribution < -0.4 is 0 Å². The van der Waals surface area contributed by atoms with Gasteiger partial charge in [0.2, 0.25) is 0 Å². The summed E-state index contributed by atoms with van der Waals surface area (Å²) >= 11 is 0. The number of allylic oxidation sites excluding steroid dienone is 3. The molecule has 0 amide bonds. The molecule has 11 heavy (non-hydrogen) atoms. The molecule has 0 spiro atoms. The van der Waals surface area contributed by atoms with Crippen LogP contribution in [0.15, 0.2) is 23.4 Å². The molecular weight excluding hydrogens is 148 g/mol. The lowest BCUT2D eigenvalue weighted by atomic mass is 10.2. The van der Waals surface area contributed by atoms with Gasteiger partial charge in [0.1, 0.15) is 0 Å². The minimum absolute atomic E-state index is 0.970. The fourth-order valence-corrected chi connectivity index (χ4v) is 1.53. The molecular formula is C10H20Si. The molecule has 0 nitrogen and oxygen atoms in total. The van der Waals surface area contributed by atoms with Gasteiger partial charge in [-0.3, -0.25) is 0 Å². The van der Waals surface area contributed by atoms with Crippen LogP contribution in [0.1, 0.15) is 20.3 Å². The lowest BCUT2D eigenvalue weighted by Gasteiger charge is -2.07. The highest BCUT2D eigenvalue weighted by Crippen LogP contribution is 2.05. The van der Waals surface area contributed by atoms with Crippen molar-refractivity contribution in [2.45, 2.75) is 39.9 Å². The van der Waals surface area contributed by atoms with Crippen molar-refractivity contribution in [3.05, 3.63) is 23.4 Å². The Kier molecular flexibility index (Phi) is 4.42. The van der Waals surface area contributed by atoms with Crippen LogP contribution in [0, 0.1) is 0 Å². The van der Waals surface area contributed by atoms with E-state index in [9.17, 15) is 0 Å². The lowest BCUT2D eigenvalue weighted by Crippen LogP contribution is -2.15. The van der Waals surface area contributed by atoms with Gasteiger partial charge in [-0.2, -0.15) is 0 Å². The van der Waals surface area contributed by atoms with Crippen molar-refractivity contribution in [3.8, 4) is 0 Å². The van der Waals surface area contributed by atoms with Crippen molar-refractivity contribution in [2.24, 2.45) is 0 Å². The topological polar surface area (TPSA) is 0 Å². The largest absolute Gasteiger partial charge is 0.0948 e. The summed E-state index contributed by atoms with van der Waals surface area (Å²) in [5.74, 6) is 0. The second kappa shape index (κ2) is 4.55. The van der Waals surface area contributed by atoms with Crippen molar-refractivity contribution in [1.29, 1.82) is 0 Å². The van der Waals surface area contributed by atoms with Crippen LogP contribution >= 0.6 is 0 Å². The Morgan fingerprint density at radius 3 is 2.18 bits per heavy atom. The average Bonchev–Trinajstić information content (AvgIpc) is 1.83. The van der Waals surface area contributed by atoms with E-state index in [2.05, 4.69) is 51.3 Å². The minimum Gasteiger partial charge on any atom is -0.0948 e. The van der Waals surface area contributed by atoms with Gasteiger partial charge in [0.15, 0.2) is 0 Å². The van der Waals surface area contributed by atoms with Crippen LogP contribution in [0.5, 0.6) is 0 Å². The van der Waals surface area contributed by atoms with Gasteiger partial charge in [-0.05, 0) is 13.3 Å². The van der Waals surface area contributed by atoms with E-state index in [1.54, 1.807) is 0 Å². The van der Waals surface area contributed by atoms with Crippen molar-refractivity contribution in [2.75, 3.05) is 0 Å². The van der Waals surface area contributed by atoms with Crippen LogP contribution in [0.4, 0.5) is 0 Å². The number of hydrogen-bond acceptors (Lipinski definition) is 0. The Hall–Kier alpha value is -0.303. The van der Waals surface area contributed by atoms with Gasteiger partial charge in [-0.25, -0.2) is 0 Å². The summed E-state index contributed by atoms with van der Waals surface area (Å²) in [7, 11) is -0.970. The van der Waals surface area contributed by atoms with E-state index in [4.69, 9.17) is 0 Å². The Labute approximate surface area is 72.0 Å². The van der Waals surface area contributed by atoms with E-state index in [0.29, 0.717) is 0 Å². The highest BCUT2D eigenvalue weighted by Gasteiger charge is 2.05. The van der Waals surface area contributed by atoms with Crippen LogP contribution in [0.2, 0.25) is 19.6 Å². The van der Waals surface area contributed by atoms with Gasteiger partial charge in [0.05, 0.1) is 8.07 Å². The fraction of sp³-hybridized carbons (Fsp3) is 0.600. The zero-order valence-electron chi connectivity index (χ0n) is 8.44. The Morgan fingerprint density at radius 2 is 1.82 bits per heavy atom. The second-order valence-electron chi connectivity index (χ2n) is 4.06. The predicted octanol–water partition coefficient (Wildman–Crippen LogP) is 3.78. The van der Waals surface area contributed by atoms with Gasteiger partial charge < -0.3 is 0 Å². The monoisotopic (exact) mass is 168 g/mol. The molecule has 0 aliphatic rings. The van der Waals surface area contributed by atoms with Crippen molar-refractivity contribution in [1.82, 2.24) is 0 Å². The molecule has 0 aliphatic heterocycles. The van der Waals surface area contributed by atoms with E-state index >= 15 is 0 Å². The molecule has 0 heterocycles. The van der Waals surface area contributed by atoms with Gasteiger partial charge in [-0.15, -0.1) is 0 Å².